The number of rotatable bonds is 0. The number of fused-ring (bicyclic) bond motifs is 5. The Hall–Kier alpha value is -2.44. The predicted octanol–water partition coefficient (Wildman–Crippen LogP) is 0.499. The highest BCUT2D eigenvalue weighted by atomic mass is 16.2. The van der Waals surface area contributed by atoms with Crippen LogP contribution in [0.3, 0.4) is 0 Å². The molecule has 4 rings (SSSR count). The highest BCUT2D eigenvalue weighted by Gasteiger charge is 2.40. The van der Waals surface area contributed by atoms with Crippen LogP contribution in [0.15, 0.2) is 6.20 Å². The zero-order chi connectivity index (χ0) is 14.8. The second-order valence-corrected chi connectivity index (χ2v) is 6.21. The Morgan fingerprint density at radius 3 is 3.00 bits per heavy atom. The molecule has 7 heteroatoms. The molecule has 0 aromatic carbocycles. The van der Waals surface area contributed by atoms with Gasteiger partial charge in [-0.2, -0.15) is 5.10 Å². The molecule has 2 aliphatic rings. The number of anilines is 1. The number of nitrogen functional groups attached to an aromatic ring is 1. The highest BCUT2D eigenvalue weighted by Crippen LogP contribution is 2.43. The fourth-order valence-electron chi connectivity index (χ4n) is 3.34. The summed E-state index contributed by atoms with van der Waals surface area (Å²) in [5, 5.41) is 7.52. The summed E-state index contributed by atoms with van der Waals surface area (Å²) in [7, 11) is 0. The Balaban J connectivity index is 2.06. The van der Waals surface area contributed by atoms with Gasteiger partial charge >= 0.3 is 0 Å². The van der Waals surface area contributed by atoms with E-state index in [1.165, 1.54) is 0 Å². The van der Waals surface area contributed by atoms with Gasteiger partial charge in [-0.3, -0.25) is 9.48 Å². The van der Waals surface area contributed by atoms with Gasteiger partial charge in [0.1, 0.15) is 11.4 Å². The first-order valence-electron chi connectivity index (χ1n) is 6.98. The van der Waals surface area contributed by atoms with E-state index in [-0.39, 0.29) is 17.3 Å². The Kier molecular flexibility index (Phi) is 2.23. The van der Waals surface area contributed by atoms with Gasteiger partial charge in [0, 0.05) is 18.3 Å². The van der Waals surface area contributed by atoms with Gasteiger partial charge in [0.15, 0.2) is 0 Å². The van der Waals surface area contributed by atoms with E-state index in [0.29, 0.717) is 18.8 Å². The number of hydrogen-bond donors (Lipinski definition) is 2. The molecule has 2 aromatic heterocycles. The van der Waals surface area contributed by atoms with Gasteiger partial charge in [0.2, 0.25) is 5.95 Å². The lowest BCUT2D eigenvalue weighted by atomic mass is 9.73. The highest BCUT2D eigenvalue weighted by molar-refractivity contribution is 5.97. The second kappa shape index (κ2) is 3.81. The molecule has 0 spiro atoms. The summed E-state index contributed by atoms with van der Waals surface area (Å²) in [5.41, 5.74) is 9.70. The van der Waals surface area contributed by atoms with Crippen LogP contribution < -0.4 is 11.1 Å². The first-order chi connectivity index (χ1) is 9.97. The van der Waals surface area contributed by atoms with E-state index in [2.05, 4.69) is 34.2 Å². The third-order valence-corrected chi connectivity index (χ3v) is 4.19. The van der Waals surface area contributed by atoms with Crippen LogP contribution in [0, 0.1) is 0 Å². The molecule has 1 aliphatic heterocycles. The second-order valence-electron chi connectivity index (χ2n) is 6.21. The average molecular weight is 284 g/mol. The van der Waals surface area contributed by atoms with Crippen LogP contribution in [-0.4, -0.2) is 32.2 Å². The molecule has 0 atom stereocenters. The fourth-order valence-corrected chi connectivity index (χ4v) is 3.34. The van der Waals surface area contributed by atoms with E-state index >= 15 is 0 Å². The van der Waals surface area contributed by atoms with Crippen molar-refractivity contribution >= 4 is 11.9 Å². The van der Waals surface area contributed by atoms with E-state index < -0.39 is 0 Å². The molecule has 1 aliphatic carbocycles. The molecule has 3 N–H and O–H groups in total. The van der Waals surface area contributed by atoms with Gasteiger partial charge in [-0.15, -0.1) is 0 Å². The number of nitrogens with two attached hydrogens (primary N) is 1. The predicted molar refractivity (Wildman–Crippen MR) is 76.7 cm³/mol. The van der Waals surface area contributed by atoms with Crippen LogP contribution in [0.1, 0.15) is 35.5 Å². The lowest BCUT2D eigenvalue weighted by molar-refractivity contribution is 0.0921. The third-order valence-electron chi connectivity index (χ3n) is 4.19. The van der Waals surface area contributed by atoms with Gasteiger partial charge in [-0.1, -0.05) is 13.8 Å². The Morgan fingerprint density at radius 1 is 1.38 bits per heavy atom. The first-order valence-corrected chi connectivity index (χ1v) is 6.98. The molecule has 0 unspecified atom stereocenters. The standard InChI is InChI=1S/C14H16N6O/c1-14(2)5-7-6-17-13(15)18-9(7)10-8(14)11-12(21)16-3-4-20(11)19-10/h6H,3-5H2,1-2H3,(H,16,21)(H2,15,17,18). The van der Waals surface area contributed by atoms with Crippen molar-refractivity contribution < 1.29 is 4.79 Å². The van der Waals surface area contributed by atoms with Crippen LogP contribution in [0.5, 0.6) is 0 Å². The monoisotopic (exact) mass is 284 g/mol. The first kappa shape index (κ1) is 12.3. The maximum absolute atomic E-state index is 12.3. The van der Waals surface area contributed by atoms with Crippen LogP contribution in [0.4, 0.5) is 5.95 Å². The molecule has 0 saturated heterocycles. The van der Waals surface area contributed by atoms with Crippen molar-refractivity contribution in [2.45, 2.75) is 32.2 Å². The van der Waals surface area contributed by atoms with Gasteiger partial charge in [0.05, 0.1) is 12.2 Å². The quantitative estimate of drug-likeness (QED) is 0.734. The molecule has 1 amide bonds. The molecule has 21 heavy (non-hydrogen) atoms. The van der Waals surface area contributed by atoms with Crippen molar-refractivity contribution in [3.8, 4) is 11.4 Å². The largest absolute Gasteiger partial charge is 0.368 e. The molecule has 7 nitrogen and oxygen atoms in total. The number of nitrogens with one attached hydrogen (secondary N) is 1. The maximum atomic E-state index is 12.3. The molecule has 0 radical (unpaired) electrons. The zero-order valence-corrected chi connectivity index (χ0v) is 12.0. The fraction of sp³-hybridized carbons (Fsp3) is 0.429. The summed E-state index contributed by atoms with van der Waals surface area (Å²) in [6.07, 6.45) is 2.53. The minimum atomic E-state index is -0.190. The number of nitrogens with zero attached hydrogens (tertiary/aromatic N) is 4. The average Bonchev–Trinajstić information content (AvgIpc) is 2.82. The zero-order valence-electron chi connectivity index (χ0n) is 12.0. The van der Waals surface area contributed by atoms with Crippen LogP contribution in [0.2, 0.25) is 0 Å². The van der Waals surface area contributed by atoms with Crippen molar-refractivity contribution in [3.63, 3.8) is 0 Å². The van der Waals surface area contributed by atoms with Gasteiger partial charge < -0.3 is 11.1 Å². The Morgan fingerprint density at radius 2 is 2.19 bits per heavy atom. The minimum absolute atomic E-state index is 0.0615. The third kappa shape index (κ3) is 1.60. The lowest BCUT2D eigenvalue weighted by Crippen LogP contribution is -2.38. The Labute approximate surface area is 121 Å². The minimum Gasteiger partial charge on any atom is -0.368 e. The number of carbonyl (C=O) groups excluding carboxylic acids is 1. The van der Waals surface area contributed by atoms with Crippen molar-refractivity contribution in [3.05, 3.63) is 23.0 Å². The molecule has 2 aromatic rings. The van der Waals surface area contributed by atoms with E-state index in [1.54, 1.807) is 10.9 Å². The smallest absolute Gasteiger partial charge is 0.269 e. The maximum Gasteiger partial charge on any atom is 0.269 e. The summed E-state index contributed by atoms with van der Waals surface area (Å²) in [6, 6.07) is 0. The summed E-state index contributed by atoms with van der Waals surface area (Å²) in [4.78, 5) is 20.7. The van der Waals surface area contributed by atoms with Gasteiger partial charge in [0.25, 0.3) is 5.91 Å². The summed E-state index contributed by atoms with van der Waals surface area (Å²) in [5.74, 6) is 0.170. The Bertz CT molecular complexity index is 776. The molecule has 0 fully saturated rings. The molecule has 3 heterocycles. The molecular formula is C14H16N6O. The van der Waals surface area contributed by atoms with E-state index in [4.69, 9.17) is 5.73 Å². The van der Waals surface area contributed by atoms with Crippen LogP contribution >= 0.6 is 0 Å². The molecule has 108 valence electrons. The van der Waals surface area contributed by atoms with E-state index in [9.17, 15) is 4.79 Å². The number of carbonyl (C=O) groups is 1. The summed E-state index contributed by atoms with van der Waals surface area (Å²) in [6.45, 7) is 5.52. The topological polar surface area (TPSA) is 98.7 Å². The van der Waals surface area contributed by atoms with Crippen molar-refractivity contribution in [2.24, 2.45) is 0 Å². The van der Waals surface area contributed by atoms with Crippen molar-refractivity contribution in [1.82, 2.24) is 25.1 Å². The molecule has 0 saturated carbocycles. The molecular weight excluding hydrogens is 268 g/mol. The van der Waals surface area contributed by atoms with Crippen LogP contribution in [0.25, 0.3) is 11.4 Å². The number of hydrogen-bond acceptors (Lipinski definition) is 5. The lowest BCUT2D eigenvalue weighted by Gasteiger charge is -2.31. The SMILES string of the molecule is CC1(C)Cc2cnc(N)nc2-c2nn3c(c21)C(=O)NCC3. The normalized spacial score (nSPS) is 18.5. The van der Waals surface area contributed by atoms with E-state index in [0.717, 1.165) is 28.9 Å². The van der Waals surface area contributed by atoms with E-state index in [1.807, 2.05) is 0 Å². The van der Waals surface area contributed by atoms with Crippen molar-refractivity contribution in [2.75, 3.05) is 12.3 Å². The van der Waals surface area contributed by atoms with Gasteiger partial charge in [-0.25, -0.2) is 9.97 Å². The molecule has 0 bridgehead atoms. The number of aromatic nitrogens is 4. The summed E-state index contributed by atoms with van der Waals surface area (Å²) < 4.78 is 1.79. The summed E-state index contributed by atoms with van der Waals surface area (Å²) >= 11 is 0. The van der Waals surface area contributed by atoms with Crippen molar-refractivity contribution in [1.29, 1.82) is 0 Å². The van der Waals surface area contributed by atoms with Gasteiger partial charge in [-0.05, 0) is 17.4 Å². The van der Waals surface area contributed by atoms with Crippen LogP contribution in [-0.2, 0) is 18.4 Å². The number of amides is 1.